The van der Waals surface area contributed by atoms with Crippen LogP contribution >= 0.6 is 0 Å². The van der Waals surface area contributed by atoms with Crippen molar-refractivity contribution in [2.45, 2.75) is 70.8 Å². The fourth-order valence-electron chi connectivity index (χ4n) is 5.05. The van der Waals surface area contributed by atoms with Gasteiger partial charge < -0.3 is 19.3 Å². The van der Waals surface area contributed by atoms with Gasteiger partial charge in [-0.05, 0) is 40.5 Å². The summed E-state index contributed by atoms with van der Waals surface area (Å²) in [5, 5.41) is 0. The van der Waals surface area contributed by atoms with Crippen LogP contribution in [0.5, 0.6) is 5.88 Å². The predicted octanol–water partition coefficient (Wildman–Crippen LogP) is 3.27. The molecule has 0 spiro atoms. The number of nitrogens with zero attached hydrogens (tertiary/aromatic N) is 5. The van der Waals surface area contributed by atoms with Crippen LogP contribution < -0.4 is 14.5 Å². The lowest BCUT2D eigenvalue weighted by molar-refractivity contribution is -0.153. The summed E-state index contributed by atoms with van der Waals surface area (Å²) in [6, 6.07) is 1.38. The Morgan fingerprint density at radius 1 is 0.973 bits per heavy atom. The van der Waals surface area contributed by atoms with E-state index in [1.54, 1.807) is 12.1 Å². The molecule has 4 heterocycles. The Balaban J connectivity index is 1.67. The van der Waals surface area contributed by atoms with Crippen molar-refractivity contribution >= 4 is 21.7 Å². The van der Waals surface area contributed by atoms with Gasteiger partial charge in [-0.25, -0.2) is 0 Å². The molecule has 3 fully saturated rings. The summed E-state index contributed by atoms with van der Waals surface area (Å²) < 4.78 is 83.4. The Hall–Kier alpha value is -1.83. The second kappa shape index (κ2) is 10.7. The lowest BCUT2D eigenvalue weighted by atomic mass is 10.1. The van der Waals surface area contributed by atoms with Gasteiger partial charge in [-0.1, -0.05) is 6.42 Å². The predicted molar refractivity (Wildman–Crippen MR) is 135 cm³/mol. The minimum absolute atomic E-state index is 0.0245. The molecule has 1 unspecified atom stereocenters. The number of aromatic nitrogens is 1. The van der Waals surface area contributed by atoms with Gasteiger partial charge in [-0.2, -0.15) is 35.2 Å². The second-order valence-electron chi connectivity index (χ2n) is 10.9. The smallest absolute Gasteiger partial charge is 0.410 e. The van der Waals surface area contributed by atoms with E-state index >= 15 is 0 Å². The van der Waals surface area contributed by atoms with Gasteiger partial charge in [0.25, 0.3) is 10.2 Å². The van der Waals surface area contributed by atoms with Gasteiger partial charge in [0.2, 0.25) is 5.88 Å². The van der Waals surface area contributed by atoms with Crippen LogP contribution in [0.15, 0.2) is 12.1 Å². The number of halogens is 3. The maximum atomic E-state index is 14.4. The Labute approximate surface area is 217 Å². The number of hydrogen-bond donors (Lipinski definition) is 0. The number of morpholine rings is 1. The number of ether oxygens (including phenoxy) is 2. The molecule has 0 aromatic carbocycles. The van der Waals surface area contributed by atoms with E-state index < -0.39 is 34.6 Å². The molecule has 0 aliphatic carbocycles. The van der Waals surface area contributed by atoms with Gasteiger partial charge in [-0.3, -0.25) is 0 Å². The number of anilines is 2. The summed E-state index contributed by atoms with van der Waals surface area (Å²) >= 11 is 0. The zero-order chi connectivity index (χ0) is 27.0. The maximum absolute atomic E-state index is 14.4. The topological polar surface area (TPSA) is 78.5 Å². The third kappa shape index (κ3) is 6.61. The molecule has 4 rings (SSSR count). The van der Waals surface area contributed by atoms with Crippen molar-refractivity contribution in [1.82, 2.24) is 13.6 Å². The molecule has 3 saturated heterocycles. The van der Waals surface area contributed by atoms with Crippen molar-refractivity contribution in [3.63, 3.8) is 0 Å². The molecule has 0 radical (unpaired) electrons. The van der Waals surface area contributed by atoms with Crippen LogP contribution in [0.25, 0.3) is 0 Å². The molecule has 0 bridgehead atoms. The molecule has 3 aliphatic rings. The Bertz CT molecular complexity index is 1040. The highest BCUT2D eigenvalue weighted by molar-refractivity contribution is 7.86. The van der Waals surface area contributed by atoms with Crippen molar-refractivity contribution in [3.05, 3.63) is 12.1 Å². The first-order valence-electron chi connectivity index (χ1n) is 12.9. The van der Waals surface area contributed by atoms with Crippen LogP contribution in [0.2, 0.25) is 0 Å². The third-order valence-electron chi connectivity index (χ3n) is 6.87. The first-order valence-corrected chi connectivity index (χ1v) is 14.3. The highest BCUT2D eigenvalue weighted by Crippen LogP contribution is 2.36. The molecule has 9 nitrogen and oxygen atoms in total. The molecule has 0 saturated carbocycles. The molecule has 3 aliphatic heterocycles. The van der Waals surface area contributed by atoms with E-state index in [9.17, 15) is 21.6 Å². The summed E-state index contributed by atoms with van der Waals surface area (Å²) in [7, 11) is -3.98. The van der Waals surface area contributed by atoms with Gasteiger partial charge in [0, 0.05) is 63.1 Å². The monoisotopic (exact) mass is 549 g/mol. The van der Waals surface area contributed by atoms with Crippen LogP contribution in [-0.2, 0) is 14.9 Å². The SMILES string of the molecule is C[C@@H]1COCCN1c1cc(OC(C)(C)C)nc(N2CCN(S(=O)(=O)N3CCCCC3)CC2C(F)(F)F)c1. The molecule has 1 aromatic rings. The molecule has 13 heteroatoms. The molecule has 2 atom stereocenters. The fraction of sp³-hybridized carbons (Fsp3) is 0.792. The van der Waals surface area contributed by atoms with Gasteiger partial charge >= 0.3 is 6.18 Å². The highest BCUT2D eigenvalue weighted by Gasteiger charge is 2.50. The largest absolute Gasteiger partial charge is 0.472 e. The van der Waals surface area contributed by atoms with Crippen LogP contribution in [-0.4, -0.2) is 98.4 Å². The van der Waals surface area contributed by atoms with E-state index in [0.717, 1.165) is 23.6 Å². The molecule has 210 valence electrons. The third-order valence-corrected chi connectivity index (χ3v) is 8.87. The van der Waals surface area contributed by atoms with Gasteiger partial charge in [0.05, 0.1) is 13.2 Å². The number of pyridine rings is 1. The maximum Gasteiger partial charge on any atom is 0.410 e. The first-order chi connectivity index (χ1) is 17.3. The summed E-state index contributed by atoms with van der Waals surface area (Å²) in [4.78, 5) is 7.72. The summed E-state index contributed by atoms with van der Waals surface area (Å²) in [5.41, 5.74) is 0.0915. The summed E-state index contributed by atoms with van der Waals surface area (Å²) in [5.74, 6) is 0.343. The number of piperazine rings is 1. The van der Waals surface area contributed by atoms with E-state index in [1.807, 2.05) is 27.7 Å². The molecule has 0 amide bonds. The molecule has 37 heavy (non-hydrogen) atoms. The molecular weight excluding hydrogens is 511 g/mol. The Morgan fingerprint density at radius 3 is 2.30 bits per heavy atom. The summed E-state index contributed by atoms with van der Waals surface area (Å²) in [6.07, 6.45) is -2.30. The Kier molecular flexibility index (Phi) is 8.18. The van der Waals surface area contributed by atoms with Gasteiger partial charge in [-0.15, -0.1) is 0 Å². The number of alkyl halides is 3. The van der Waals surface area contributed by atoms with Crippen molar-refractivity contribution in [2.75, 3.05) is 62.3 Å². The number of hydrogen-bond acceptors (Lipinski definition) is 7. The molecule has 1 aromatic heterocycles. The molecule has 0 N–H and O–H groups in total. The lowest BCUT2D eigenvalue weighted by Gasteiger charge is -2.44. The average molecular weight is 550 g/mol. The zero-order valence-electron chi connectivity index (χ0n) is 22.0. The second-order valence-corrected chi connectivity index (χ2v) is 12.9. The van der Waals surface area contributed by atoms with Crippen LogP contribution in [0, 0.1) is 0 Å². The van der Waals surface area contributed by atoms with Crippen molar-refractivity contribution in [1.29, 1.82) is 0 Å². The zero-order valence-corrected chi connectivity index (χ0v) is 22.8. The number of piperidine rings is 1. The quantitative estimate of drug-likeness (QED) is 0.558. The van der Waals surface area contributed by atoms with Crippen molar-refractivity contribution in [3.8, 4) is 5.88 Å². The Morgan fingerprint density at radius 2 is 1.68 bits per heavy atom. The fourth-order valence-corrected chi connectivity index (χ4v) is 6.74. The average Bonchev–Trinajstić information content (AvgIpc) is 2.82. The van der Waals surface area contributed by atoms with Gasteiger partial charge in [0.15, 0.2) is 0 Å². The van der Waals surface area contributed by atoms with Crippen LogP contribution in [0.4, 0.5) is 24.7 Å². The van der Waals surface area contributed by atoms with E-state index in [2.05, 4.69) is 9.88 Å². The highest BCUT2D eigenvalue weighted by atomic mass is 32.2. The van der Waals surface area contributed by atoms with Crippen molar-refractivity contribution in [2.24, 2.45) is 0 Å². The van der Waals surface area contributed by atoms with E-state index in [0.29, 0.717) is 38.5 Å². The van der Waals surface area contributed by atoms with E-state index in [4.69, 9.17) is 9.47 Å². The van der Waals surface area contributed by atoms with Crippen LogP contribution in [0.3, 0.4) is 0 Å². The summed E-state index contributed by atoms with van der Waals surface area (Å²) in [6.45, 7) is 8.95. The van der Waals surface area contributed by atoms with E-state index in [-0.39, 0.29) is 30.8 Å². The standard InChI is InChI=1S/C24H38F3N5O4S/c1-18-17-35-13-12-31(18)19-14-21(28-22(15-19)36-23(2,3)4)32-11-10-30(16-20(32)24(25,26)27)37(33,34)29-8-6-5-7-9-29/h14-15,18,20H,5-13,16-17H2,1-4H3/t18-,20?/m1/s1. The number of rotatable bonds is 5. The van der Waals surface area contributed by atoms with Crippen molar-refractivity contribution < 1.29 is 31.1 Å². The van der Waals surface area contributed by atoms with E-state index in [1.165, 1.54) is 9.21 Å². The van der Waals surface area contributed by atoms with Gasteiger partial charge in [0.1, 0.15) is 17.5 Å². The van der Waals surface area contributed by atoms with Crippen LogP contribution in [0.1, 0.15) is 47.0 Å². The first kappa shape index (κ1) is 28.2. The minimum Gasteiger partial charge on any atom is -0.472 e. The molecular formula is C24H38F3N5O4S. The minimum atomic E-state index is -4.66. The normalized spacial score (nSPS) is 25.4. The lowest BCUT2D eigenvalue weighted by Crippen LogP contribution is -2.62.